The molecule has 4 N–H and O–H groups in total. The predicted octanol–water partition coefficient (Wildman–Crippen LogP) is 13.6. The number of carbonyl (C=O) groups is 3. The normalized spacial score (nSPS) is 13.6. The summed E-state index contributed by atoms with van der Waals surface area (Å²) < 4.78 is 19.6. The average Bonchev–Trinajstić information content (AvgIpc) is 3.68. The van der Waals surface area contributed by atoms with E-state index in [1.807, 2.05) is 133 Å². The van der Waals surface area contributed by atoms with Crippen molar-refractivity contribution < 1.29 is 28.3 Å². The quantitative estimate of drug-likeness (QED) is 0.0458. The summed E-state index contributed by atoms with van der Waals surface area (Å²) in [4.78, 5) is 60.2. The van der Waals surface area contributed by atoms with Crippen LogP contribution in [0.1, 0.15) is 84.3 Å². The second-order valence-electron chi connectivity index (χ2n) is 22.7. The fourth-order valence-electron chi connectivity index (χ4n) is 10.0. The van der Waals surface area contributed by atoms with Gasteiger partial charge in [0, 0.05) is 80.5 Å². The smallest absolute Gasteiger partial charge is 0.411 e. The molecule has 0 saturated carbocycles. The minimum atomic E-state index is -2.35. The van der Waals surface area contributed by atoms with Gasteiger partial charge in [-0.15, -0.1) is 0 Å². The first kappa shape index (κ1) is 58.5. The van der Waals surface area contributed by atoms with Gasteiger partial charge in [-0.2, -0.15) is 0 Å². The number of ether oxygens (including phenoxy) is 2. The summed E-state index contributed by atoms with van der Waals surface area (Å²) in [6.45, 7) is 16.1. The number of amides is 3. The predicted molar refractivity (Wildman–Crippen MR) is 331 cm³/mol. The minimum absolute atomic E-state index is 0.0587. The lowest BCUT2D eigenvalue weighted by Crippen LogP contribution is -2.44. The van der Waals surface area contributed by atoms with Gasteiger partial charge in [-0.3, -0.25) is 24.6 Å². The highest BCUT2D eigenvalue weighted by Crippen LogP contribution is 2.42. The Balaban J connectivity index is 0.772. The number of para-hydroxylation sites is 1. The van der Waals surface area contributed by atoms with Crippen molar-refractivity contribution in [3.05, 3.63) is 232 Å². The zero-order valence-electron chi connectivity index (χ0n) is 47.8. The van der Waals surface area contributed by atoms with Crippen molar-refractivity contribution in [1.82, 2.24) is 20.1 Å². The molecule has 7 aromatic carbocycles. The number of nitrogens with one attached hydrogen (secondary N) is 4. The Morgan fingerprint density at radius 1 is 0.720 bits per heavy atom. The van der Waals surface area contributed by atoms with E-state index in [2.05, 4.69) is 107 Å². The van der Waals surface area contributed by atoms with Crippen LogP contribution in [0.25, 0.3) is 22.0 Å². The summed E-state index contributed by atoms with van der Waals surface area (Å²) >= 11 is 0. The lowest BCUT2D eigenvalue weighted by molar-refractivity contribution is -0.121. The third-order valence-electron chi connectivity index (χ3n) is 15.7. The Morgan fingerprint density at radius 3 is 2.11 bits per heavy atom. The second kappa shape index (κ2) is 27.5. The van der Waals surface area contributed by atoms with Crippen LogP contribution in [0.2, 0.25) is 18.1 Å². The largest absolute Gasteiger partial charge is 0.487 e. The van der Waals surface area contributed by atoms with Crippen LogP contribution < -0.4 is 26.2 Å². The molecular formula is C68H76N6O7Si. The zero-order chi connectivity index (χ0) is 57.5. The first-order valence-corrected chi connectivity index (χ1v) is 31.4. The zero-order valence-corrected chi connectivity index (χ0v) is 48.8. The highest BCUT2D eigenvalue weighted by Gasteiger charge is 2.40. The number of likely N-dealkylation sites (tertiary alicyclic amines) is 1. The number of hydrogen-bond donors (Lipinski definition) is 4. The highest BCUT2D eigenvalue weighted by molar-refractivity contribution is 6.74. The summed E-state index contributed by atoms with van der Waals surface area (Å²) in [7, 11) is -2.35. The summed E-state index contributed by atoms with van der Waals surface area (Å²) in [5.74, 6) is 0.296. The molecule has 13 nitrogen and oxygen atoms in total. The highest BCUT2D eigenvalue weighted by atomic mass is 28.4. The van der Waals surface area contributed by atoms with E-state index in [1.165, 1.54) is 5.56 Å². The van der Waals surface area contributed by atoms with Crippen molar-refractivity contribution in [3.63, 3.8) is 0 Å². The van der Waals surface area contributed by atoms with Gasteiger partial charge < -0.3 is 34.4 Å². The number of hydrogen-bond acceptors (Lipinski definition) is 9. The second-order valence-corrected chi connectivity index (χ2v) is 27.5. The van der Waals surface area contributed by atoms with E-state index in [4.69, 9.17) is 13.9 Å². The number of pyridine rings is 1. The Labute approximate surface area is 483 Å². The van der Waals surface area contributed by atoms with Crippen LogP contribution >= 0.6 is 0 Å². The monoisotopic (exact) mass is 1120 g/mol. The maximum atomic E-state index is 13.6. The van der Waals surface area contributed by atoms with Gasteiger partial charge in [0.25, 0.3) is 5.91 Å². The van der Waals surface area contributed by atoms with Crippen molar-refractivity contribution in [2.75, 3.05) is 43.4 Å². The Hall–Kier alpha value is -8.14. The van der Waals surface area contributed by atoms with E-state index in [1.54, 1.807) is 12.1 Å². The molecule has 1 fully saturated rings. The van der Waals surface area contributed by atoms with E-state index < -0.39 is 14.4 Å². The number of aromatic nitrogens is 1. The van der Waals surface area contributed by atoms with Crippen LogP contribution in [-0.4, -0.2) is 79.8 Å². The van der Waals surface area contributed by atoms with E-state index in [0.29, 0.717) is 80.3 Å². The van der Waals surface area contributed by atoms with Crippen LogP contribution in [0.3, 0.4) is 0 Å². The molecule has 9 rings (SSSR count). The topological polar surface area (TPSA) is 154 Å². The first-order valence-electron chi connectivity index (χ1n) is 28.5. The molecule has 0 aliphatic carbocycles. The Bertz CT molecular complexity index is 3450. The summed E-state index contributed by atoms with van der Waals surface area (Å²) in [6, 6.07) is 60.9. The maximum absolute atomic E-state index is 13.6. The van der Waals surface area contributed by atoms with Gasteiger partial charge in [0.1, 0.15) is 18.5 Å². The van der Waals surface area contributed by atoms with Gasteiger partial charge in [0.05, 0.1) is 17.3 Å². The molecule has 424 valence electrons. The number of rotatable bonds is 23. The van der Waals surface area contributed by atoms with Gasteiger partial charge >= 0.3 is 6.09 Å². The summed E-state index contributed by atoms with van der Waals surface area (Å²) in [5, 5.41) is 9.85. The van der Waals surface area contributed by atoms with Crippen molar-refractivity contribution in [3.8, 4) is 16.9 Å². The lowest BCUT2D eigenvalue weighted by Gasteiger charge is -2.41. The van der Waals surface area contributed by atoms with Gasteiger partial charge in [-0.25, -0.2) is 4.79 Å². The third-order valence-corrected chi connectivity index (χ3v) is 20.2. The number of carbonyl (C=O) groups excluding carboxylic acids is 3. The lowest BCUT2D eigenvalue weighted by atomic mass is 10.0. The van der Waals surface area contributed by atoms with Gasteiger partial charge in [0.15, 0.2) is 8.32 Å². The Kier molecular flexibility index (Phi) is 19.7. The van der Waals surface area contributed by atoms with Gasteiger partial charge in [-0.1, -0.05) is 160 Å². The number of anilines is 2. The Morgan fingerprint density at radius 2 is 1.39 bits per heavy atom. The van der Waals surface area contributed by atoms with E-state index in [9.17, 15) is 19.2 Å². The van der Waals surface area contributed by atoms with Crippen molar-refractivity contribution in [1.29, 1.82) is 0 Å². The molecule has 0 unspecified atom stereocenters. The number of aromatic amines is 1. The maximum Gasteiger partial charge on any atom is 0.411 e. The SMILES string of the molecule is CC(C)(C)[Si](C)(C)O[C@H](CN(CCc1ccc(NC(=O)c2cccc(CNC(=O)CCN3CCC(OC(=O)Nc4ccccc4-c4ccccc4)CC3)c2)cc1)Cc1ccccc1)c1ccc(OCc2ccccc2)c2[nH]c(=O)ccc12. The van der Waals surface area contributed by atoms with E-state index in [0.717, 1.165) is 64.8 Å². The van der Waals surface area contributed by atoms with Crippen LogP contribution in [0.5, 0.6) is 5.75 Å². The van der Waals surface area contributed by atoms with Gasteiger partial charge in [0.2, 0.25) is 11.5 Å². The van der Waals surface area contributed by atoms with Crippen LogP contribution in [0.4, 0.5) is 16.2 Å². The van der Waals surface area contributed by atoms with Crippen molar-refractivity contribution in [2.24, 2.45) is 0 Å². The molecule has 1 saturated heterocycles. The number of benzene rings is 7. The first-order chi connectivity index (χ1) is 39.6. The van der Waals surface area contributed by atoms with Gasteiger partial charge in [-0.05, 0) is 113 Å². The van der Waals surface area contributed by atoms with Crippen molar-refractivity contribution in [2.45, 2.75) is 96.5 Å². The molecule has 1 aliphatic heterocycles. The number of fused-ring (bicyclic) bond motifs is 1. The number of piperidine rings is 1. The molecule has 1 aromatic heterocycles. The number of H-pyrrole nitrogens is 1. The van der Waals surface area contributed by atoms with Crippen LogP contribution in [-0.2, 0) is 40.1 Å². The molecule has 1 aliphatic rings. The van der Waals surface area contributed by atoms with Crippen LogP contribution in [0, 0.1) is 0 Å². The third kappa shape index (κ3) is 16.3. The van der Waals surface area contributed by atoms with Crippen molar-refractivity contribution >= 4 is 48.5 Å². The standard InChI is InChI=1S/C68H76N6O7Si/c1-68(2,3)82(4,5)81-62(58-32-34-61(65-59(58)33-35-64(76)72-65)79-48-51-20-11-7-12-21-51)47-74(46-50-18-9-6-10-19-50)40-36-49-28-30-55(31-29-49)70-66(77)54-25-17-22-52(44-54)45-69-63(75)39-43-73-41-37-56(38-42-73)80-67(78)71-60-27-16-15-26-57(60)53-23-13-8-14-24-53/h6-35,44,56,62H,36-43,45-48H2,1-5H3,(H,69,75)(H,70,77)(H,71,78)(H,72,76)/t62-/m1/s1. The molecule has 0 bridgehead atoms. The fraction of sp³-hybridized carbons (Fsp3) is 0.294. The molecule has 0 radical (unpaired) electrons. The molecular weight excluding hydrogens is 1040 g/mol. The summed E-state index contributed by atoms with van der Waals surface area (Å²) in [5.41, 5.74) is 9.44. The minimum Gasteiger partial charge on any atom is -0.487 e. The average molecular weight is 1120 g/mol. The molecule has 8 aromatic rings. The molecule has 0 spiro atoms. The van der Waals surface area contributed by atoms with E-state index >= 15 is 0 Å². The van der Waals surface area contributed by atoms with Crippen LogP contribution in [0.15, 0.2) is 193 Å². The molecule has 14 heteroatoms. The summed E-state index contributed by atoms with van der Waals surface area (Å²) in [6.07, 6.45) is 1.46. The molecule has 1 atom stereocenters. The number of nitrogens with zero attached hydrogens (tertiary/aromatic N) is 2. The molecule has 82 heavy (non-hydrogen) atoms. The van der Waals surface area contributed by atoms with E-state index in [-0.39, 0.29) is 34.6 Å². The fourth-order valence-corrected chi connectivity index (χ4v) is 11.3. The molecule has 3 amide bonds. The molecule has 2 heterocycles.